The van der Waals surface area contributed by atoms with E-state index in [1.165, 1.54) is 12.1 Å². The number of nitro groups is 1. The predicted molar refractivity (Wildman–Crippen MR) is 71.6 cm³/mol. The standard InChI is InChI=1S/C13H18FN3O2/c1-9-4-5-16(8-10(9)7-15)13-3-2-11(17(18)19)6-12(13)14/h2-3,6,9-10H,4-5,7-8,15H2,1H3. The Morgan fingerprint density at radius 2 is 2.32 bits per heavy atom. The van der Waals surface area contributed by atoms with Gasteiger partial charge in [0, 0.05) is 19.2 Å². The van der Waals surface area contributed by atoms with Gasteiger partial charge in [-0.2, -0.15) is 0 Å². The van der Waals surface area contributed by atoms with Crippen LogP contribution in [0, 0.1) is 27.8 Å². The van der Waals surface area contributed by atoms with Crippen LogP contribution in [0.4, 0.5) is 15.8 Å². The van der Waals surface area contributed by atoms with Gasteiger partial charge in [-0.1, -0.05) is 6.92 Å². The summed E-state index contributed by atoms with van der Waals surface area (Å²) in [6.45, 7) is 4.19. The first-order valence-electron chi connectivity index (χ1n) is 6.42. The monoisotopic (exact) mass is 267 g/mol. The first-order chi connectivity index (χ1) is 9.02. The third kappa shape index (κ3) is 2.84. The van der Waals surface area contributed by atoms with Crippen LogP contribution in [0.1, 0.15) is 13.3 Å². The molecule has 1 fully saturated rings. The fourth-order valence-electron chi connectivity index (χ4n) is 2.54. The van der Waals surface area contributed by atoms with E-state index >= 15 is 0 Å². The van der Waals surface area contributed by atoms with Crippen molar-refractivity contribution in [2.24, 2.45) is 17.6 Å². The molecule has 0 spiro atoms. The predicted octanol–water partition coefficient (Wildman–Crippen LogP) is 2.16. The van der Waals surface area contributed by atoms with Gasteiger partial charge < -0.3 is 10.6 Å². The van der Waals surface area contributed by atoms with E-state index in [1.807, 2.05) is 4.90 Å². The fraction of sp³-hybridized carbons (Fsp3) is 0.538. The van der Waals surface area contributed by atoms with Gasteiger partial charge in [0.15, 0.2) is 5.82 Å². The molecule has 104 valence electrons. The van der Waals surface area contributed by atoms with Crippen molar-refractivity contribution in [3.05, 3.63) is 34.1 Å². The number of hydrogen-bond donors (Lipinski definition) is 1. The van der Waals surface area contributed by atoms with Crippen LogP contribution in [0.2, 0.25) is 0 Å². The highest BCUT2D eigenvalue weighted by molar-refractivity contribution is 5.52. The van der Waals surface area contributed by atoms with Crippen molar-refractivity contribution in [3.63, 3.8) is 0 Å². The smallest absolute Gasteiger partial charge is 0.272 e. The first kappa shape index (κ1) is 13.7. The zero-order valence-electron chi connectivity index (χ0n) is 10.9. The second-order valence-electron chi connectivity index (χ2n) is 5.10. The third-order valence-electron chi connectivity index (χ3n) is 3.90. The van der Waals surface area contributed by atoms with Gasteiger partial charge >= 0.3 is 0 Å². The molecule has 6 heteroatoms. The number of benzene rings is 1. The molecule has 1 aliphatic rings. The quantitative estimate of drug-likeness (QED) is 0.672. The summed E-state index contributed by atoms with van der Waals surface area (Å²) < 4.78 is 13.9. The lowest BCUT2D eigenvalue weighted by Gasteiger charge is -2.38. The lowest BCUT2D eigenvalue weighted by molar-refractivity contribution is -0.385. The summed E-state index contributed by atoms with van der Waals surface area (Å²) >= 11 is 0. The number of nitrogens with two attached hydrogens (primary N) is 1. The van der Waals surface area contributed by atoms with Crippen molar-refractivity contribution in [2.45, 2.75) is 13.3 Å². The SMILES string of the molecule is CC1CCN(c2ccc([N+](=O)[O-])cc2F)CC1CN. The van der Waals surface area contributed by atoms with Gasteiger partial charge in [0.2, 0.25) is 0 Å². The van der Waals surface area contributed by atoms with E-state index in [0.717, 1.165) is 19.0 Å². The Morgan fingerprint density at radius 3 is 2.89 bits per heavy atom. The number of rotatable bonds is 3. The Balaban J connectivity index is 2.20. The van der Waals surface area contributed by atoms with Crippen LogP contribution in [-0.4, -0.2) is 24.6 Å². The van der Waals surface area contributed by atoms with Gasteiger partial charge in [-0.15, -0.1) is 0 Å². The lowest BCUT2D eigenvalue weighted by atomic mass is 9.87. The number of halogens is 1. The molecule has 2 rings (SSSR count). The Bertz CT molecular complexity index is 481. The van der Waals surface area contributed by atoms with E-state index < -0.39 is 10.7 Å². The Labute approximate surface area is 111 Å². The molecule has 0 amide bonds. The van der Waals surface area contributed by atoms with Crippen molar-refractivity contribution in [3.8, 4) is 0 Å². The van der Waals surface area contributed by atoms with Crippen LogP contribution in [-0.2, 0) is 0 Å². The van der Waals surface area contributed by atoms with Crippen molar-refractivity contribution < 1.29 is 9.31 Å². The lowest BCUT2D eigenvalue weighted by Crippen LogP contribution is -2.43. The fourth-order valence-corrected chi connectivity index (χ4v) is 2.54. The molecular weight excluding hydrogens is 249 g/mol. The molecule has 1 heterocycles. The molecule has 0 aromatic heterocycles. The zero-order valence-corrected chi connectivity index (χ0v) is 10.9. The van der Waals surface area contributed by atoms with Crippen molar-refractivity contribution >= 4 is 11.4 Å². The van der Waals surface area contributed by atoms with E-state index in [0.29, 0.717) is 30.6 Å². The number of anilines is 1. The maximum Gasteiger partial charge on any atom is 0.272 e. The van der Waals surface area contributed by atoms with Crippen molar-refractivity contribution in [1.82, 2.24) is 0 Å². The second kappa shape index (κ2) is 5.52. The van der Waals surface area contributed by atoms with E-state index in [1.54, 1.807) is 0 Å². The summed E-state index contributed by atoms with van der Waals surface area (Å²) in [5, 5.41) is 10.6. The third-order valence-corrected chi connectivity index (χ3v) is 3.90. The molecule has 1 aliphatic heterocycles. The van der Waals surface area contributed by atoms with Crippen LogP contribution in [0.5, 0.6) is 0 Å². The minimum absolute atomic E-state index is 0.220. The maximum absolute atomic E-state index is 13.9. The summed E-state index contributed by atoms with van der Waals surface area (Å²) in [5.74, 6) is 0.324. The van der Waals surface area contributed by atoms with Crippen molar-refractivity contribution in [1.29, 1.82) is 0 Å². The van der Waals surface area contributed by atoms with Crippen molar-refractivity contribution in [2.75, 3.05) is 24.5 Å². The largest absolute Gasteiger partial charge is 0.369 e. The molecule has 1 saturated heterocycles. The molecule has 0 bridgehead atoms. The van der Waals surface area contributed by atoms with E-state index in [9.17, 15) is 14.5 Å². The molecule has 2 atom stereocenters. The molecular formula is C13H18FN3O2. The summed E-state index contributed by atoms with van der Waals surface area (Å²) in [6.07, 6.45) is 0.957. The van der Waals surface area contributed by atoms with Crippen LogP contribution in [0.25, 0.3) is 0 Å². The number of nitrogens with zero attached hydrogens (tertiary/aromatic N) is 2. The Kier molecular flexibility index (Phi) is 3.99. The molecule has 1 aromatic rings. The number of hydrogen-bond acceptors (Lipinski definition) is 4. The zero-order chi connectivity index (χ0) is 14.0. The molecule has 1 aromatic carbocycles. The van der Waals surface area contributed by atoms with Gasteiger partial charge in [0.25, 0.3) is 5.69 Å². The molecule has 0 aliphatic carbocycles. The minimum atomic E-state index is -0.589. The summed E-state index contributed by atoms with van der Waals surface area (Å²) in [5.41, 5.74) is 5.93. The van der Waals surface area contributed by atoms with E-state index in [4.69, 9.17) is 5.73 Å². The minimum Gasteiger partial charge on any atom is -0.369 e. The van der Waals surface area contributed by atoms with Crippen LogP contribution < -0.4 is 10.6 Å². The molecule has 0 radical (unpaired) electrons. The summed E-state index contributed by atoms with van der Waals surface area (Å²) in [6, 6.07) is 3.80. The Hall–Kier alpha value is -1.69. The summed E-state index contributed by atoms with van der Waals surface area (Å²) in [4.78, 5) is 11.9. The highest BCUT2D eigenvalue weighted by Crippen LogP contribution is 2.30. The highest BCUT2D eigenvalue weighted by atomic mass is 19.1. The molecule has 19 heavy (non-hydrogen) atoms. The van der Waals surface area contributed by atoms with Gasteiger partial charge in [0.05, 0.1) is 16.7 Å². The molecule has 5 nitrogen and oxygen atoms in total. The average Bonchev–Trinajstić information content (AvgIpc) is 2.39. The maximum atomic E-state index is 13.9. The van der Waals surface area contributed by atoms with Gasteiger partial charge in [-0.05, 0) is 30.9 Å². The number of piperidine rings is 1. The summed E-state index contributed by atoms with van der Waals surface area (Å²) in [7, 11) is 0. The average molecular weight is 267 g/mol. The Morgan fingerprint density at radius 1 is 1.58 bits per heavy atom. The number of nitro benzene ring substituents is 1. The number of non-ortho nitro benzene ring substituents is 1. The van der Waals surface area contributed by atoms with Gasteiger partial charge in [0.1, 0.15) is 0 Å². The molecule has 2 N–H and O–H groups in total. The molecule has 2 unspecified atom stereocenters. The van der Waals surface area contributed by atoms with Crippen LogP contribution >= 0.6 is 0 Å². The molecule has 0 saturated carbocycles. The van der Waals surface area contributed by atoms with Crippen LogP contribution in [0.15, 0.2) is 18.2 Å². The highest BCUT2D eigenvalue weighted by Gasteiger charge is 2.27. The first-order valence-corrected chi connectivity index (χ1v) is 6.42. The van der Waals surface area contributed by atoms with E-state index in [-0.39, 0.29) is 5.69 Å². The van der Waals surface area contributed by atoms with Gasteiger partial charge in [-0.25, -0.2) is 4.39 Å². The van der Waals surface area contributed by atoms with E-state index in [2.05, 4.69) is 6.92 Å². The van der Waals surface area contributed by atoms with Gasteiger partial charge in [-0.3, -0.25) is 10.1 Å². The van der Waals surface area contributed by atoms with Crippen LogP contribution in [0.3, 0.4) is 0 Å². The normalized spacial score (nSPS) is 23.4. The topological polar surface area (TPSA) is 72.4 Å². The second-order valence-corrected chi connectivity index (χ2v) is 5.10.